The monoisotopic (exact) mass is 377 g/mol. The van der Waals surface area contributed by atoms with Crippen molar-refractivity contribution in [2.75, 3.05) is 10.7 Å². The number of nitro groups is 1. The molecule has 0 fully saturated rings. The summed E-state index contributed by atoms with van der Waals surface area (Å²) in [4.78, 5) is 38.9. The molecule has 140 valence electrons. The van der Waals surface area contributed by atoms with Crippen molar-refractivity contribution in [1.82, 2.24) is 10.4 Å². The summed E-state index contributed by atoms with van der Waals surface area (Å²) in [7, 11) is 0. The van der Waals surface area contributed by atoms with E-state index in [-0.39, 0.29) is 22.8 Å². The molecule has 9 heteroatoms. The third kappa shape index (κ3) is 4.47. The Morgan fingerprint density at radius 3 is 2.46 bits per heavy atom. The first kappa shape index (κ1) is 18.5. The number of carbonyl (C=O) groups is 2. The van der Waals surface area contributed by atoms with Gasteiger partial charge in [-0.15, -0.1) is 0 Å². The number of hydrogen-bond acceptors (Lipinski definition) is 6. The van der Waals surface area contributed by atoms with Crippen LogP contribution < -0.4 is 16.2 Å². The number of amides is 2. The number of rotatable bonds is 6. The number of anilines is 2. The van der Waals surface area contributed by atoms with Crippen LogP contribution in [-0.4, -0.2) is 21.7 Å². The number of para-hydroxylation sites is 2. The summed E-state index contributed by atoms with van der Waals surface area (Å²) in [6.07, 6.45) is 2.99. The zero-order valence-electron chi connectivity index (χ0n) is 14.5. The van der Waals surface area contributed by atoms with Gasteiger partial charge in [0, 0.05) is 29.7 Å². The summed E-state index contributed by atoms with van der Waals surface area (Å²) in [5.74, 6) is -0.876. The topological polar surface area (TPSA) is 126 Å². The first-order valence-electron chi connectivity index (χ1n) is 8.16. The number of pyridine rings is 1. The molecule has 0 aliphatic carbocycles. The van der Waals surface area contributed by atoms with Crippen LogP contribution >= 0.6 is 0 Å². The van der Waals surface area contributed by atoms with Crippen LogP contribution in [0.15, 0.2) is 73.1 Å². The molecule has 3 aromatic rings. The summed E-state index contributed by atoms with van der Waals surface area (Å²) in [6.45, 7) is 0. The second-order valence-corrected chi connectivity index (χ2v) is 5.63. The quantitative estimate of drug-likeness (QED) is 0.448. The average molecular weight is 377 g/mol. The minimum absolute atomic E-state index is 0.155. The van der Waals surface area contributed by atoms with Crippen LogP contribution in [0.5, 0.6) is 0 Å². The zero-order valence-corrected chi connectivity index (χ0v) is 14.5. The molecule has 3 N–H and O–H groups in total. The van der Waals surface area contributed by atoms with Gasteiger partial charge in [0.1, 0.15) is 5.69 Å². The Morgan fingerprint density at radius 2 is 1.71 bits per heavy atom. The van der Waals surface area contributed by atoms with Gasteiger partial charge in [0.15, 0.2) is 0 Å². The average Bonchev–Trinajstić information content (AvgIpc) is 2.73. The van der Waals surface area contributed by atoms with Gasteiger partial charge >= 0.3 is 0 Å². The lowest BCUT2D eigenvalue weighted by Crippen LogP contribution is -2.29. The molecule has 0 unspecified atom stereocenters. The molecule has 1 aromatic heterocycles. The van der Waals surface area contributed by atoms with Crippen molar-refractivity contribution in [2.45, 2.75) is 0 Å². The van der Waals surface area contributed by atoms with E-state index in [0.29, 0.717) is 11.3 Å². The Hall–Kier alpha value is -4.27. The first-order chi connectivity index (χ1) is 13.5. The maximum absolute atomic E-state index is 12.3. The van der Waals surface area contributed by atoms with E-state index in [0.717, 1.165) is 0 Å². The van der Waals surface area contributed by atoms with Crippen molar-refractivity contribution in [3.63, 3.8) is 0 Å². The predicted octanol–water partition coefficient (Wildman–Crippen LogP) is 3.00. The molecule has 0 bridgehead atoms. The predicted molar refractivity (Wildman–Crippen MR) is 103 cm³/mol. The fourth-order valence-corrected chi connectivity index (χ4v) is 2.37. The van der Waals surface area contributed by atoms with Crippen LogP contribution in [0.3, 0.4) is 0 Å². The third-order valence-electron chi connectivity index (χ3n) is 3.72. The van der Waals surface area contributed by atoms with Crippen LogP contribution in [0, 0.1) is 10.1 Å². The number of hydrazine groups is 1. The molecule has 3 rings (SSSR count). The number of nitrogens with zero attached hydrogens (tertiary/aromatic N) is 2. The van der Waals surface area contributed by atoms with E-state index in [1.807, 2.05) is 0 Å². The van der Waals surface area contributed by atoms with E-state index >= 15 is 0 Å². The lowest BCUT2D eigenvalue weighted by atomic mass is 10.2. The SMILES string of the molecule is O=C(NNc1ccccc1[N+](=O)[O-])c1cccc(NC(=O)c2cccnc2)c1. The molecule has 0 aliphatic heterocycles. The van der Waals surface area contributed by atoms with Crippen molar-refractivity contribution in [2.24, 2.45) is 0 Å². The maximum Gasteiger partial charge on any atom is 0.294 e. The minimum Gasteiger partial charge on any atom is -0.322 e. The zero-order chi connectivity index (χ0) is 19.9. The Bertz CT molecular complexity index is 1020. The highest BCUT2D eigenvalue weighted by Crippen LogP contribution is 2.22. The highest BCUT2D eigenvalue weighted by Gasteiger charge is 2.14. The minimum atomic E-state index is -0.552. The van der Waals surface area contributed by atoms with E-state index < -0.39 is 10.8 Å². The van der Waals surface area contributed by atoms with Crippen LogP contribution in [0.25, 0.3) is 0 Å². The van der Waals surface area contributed by atoms with Crippen molar-refractivity contribution < 1.29 is 14.5 Å². The van der Waals surface area contributed by atoms with Crippen molar-refractivity contribution >= 4 is 28.9 Å². The van der Waals surface area contributed by atoms with Gasteiger partial charge in [-0.2, -0.15) is 0 Å². The van der Waals surface area contributed by atoms with Gasteiger partial charge in [-0.05, 0) is 36.4 Å². The Balaban J connectivity index is 1.67. The second kappa shape index (κ2) is 8.41. The molecule has 0 saturated carbocycles. The number of carbonyl (C=O) groups excluding carboxylic acids is 2. The molecule has 0 spiro atoms. The summed E-state index contributed by atoms with van der Waals surface area (Å²) in [5, 5.41) is 13.7. The molecule has 2 aromatic carbocycles. The molecule has 2 amide bonds. The smallest absolute Gasteiger partial charge is 0.294 e. The molecular formula is C19H15N5O4. The highest BCUT2D eigenvalue weighted by molar-refractivity contribution is 6.05. The molecule has 0 aliphatic rings. The van der Waals surface area contributed by atoms with E-state index in [2.05, 4.69) is 21.2 Å². The van der Waals surface area contributed by atoms with Gasteiger partial charge in [0.05, 0.1) is 10.5 Å². The van der Waals surface area contributed by atoms with Crippen LogP contribution in [0.4, 0.5) is 17.1 Å². The molecule has 28 heavy (non-hydrogen) atoms. The lowest BCUT2D eigenvalue weighted by Gasteiger charge is -2.10. The highest BCUT2D eigenvalue weighted by atomic mass is 16.6. The number of benzene rings is 2. The molecule has 0 radical (unpaired) electrons. The summed E-state index contributed by atoms with van der Waals surface area (Å²) in [5.41, 5.74) is 6.00. The van der Waals surface area contributed by atoms with Gasteiger partial charge in [0.2, 0.25) is 0 Å². The van der Waals surface area contributed by atoms with E-state index in [4.69, 9.17) is 0 Å². The number of nitro benzene ring substituents is 1. The standard InChI is InChI=1S/C19H15N5O4/c25-18(14-6-4-10-20-12-14)21-15-7-3-5-13(11-15)19(26)23-22-16-8-1-2-9-17(16)24(27)28/h1-12,22H,(H,21,25)(H,23,26). The van der Waals surface area contributed by atoms with Gasteiger partial charge in [0.25, 0.3) is 17.5 Å². The number of aromatic nitrogens is 1. The number of nitrogens with one attached hydrogen (secondary N) is 3. The lowest BCUT2D eigenvalue weighted by molar-refractivity contribution is -0.384. The van der Waals surface area contributed by atoms with E-state index in [9.17, 15) is 19.7 Å². The van der Waals surface area contributed by atoms with E-state index in [1.165, 1.54) is 30.5 Å². The fourth-order valence-electron chi connectivity index (χ4n) is 2.37. The fraction of sp³-hybridized carbons (Fsp3) is 0. The van der Waals surface area contributed by atoms with Crippen molar-refractivity contribution in [3.05, 3.63) is 94.3 Å². The van der Waals surface area contributed by atoms with Crippen molar-refractivity contribution in [3.8, 4) is 0 Å². The summed E-state index contributed by atoms with van der Waals surface area (Å²) in [6, 6.07) is 15.5. The van der Waals surface area contributed by atoms with E-state index in [1.54, 1.807) is 42.6 Å². The summed E-state index contributed by atoms with van der Waals surface area (Å²) >= 11 is 0. The number of hydrogen-bond donors (Lipinski definition) is 3. The van der Waals surface area contributed by atoms with Crippen molar-refractivity contribution in [1.29, 1.82) is 0 Å². The molecule has 1 heterocycles. The van der Waals surface area contributed by atoms with Crippen LogP contribution in [0.1, 0.15) is 20.7 Å². The Kier molecular flexibility index (Phi) is 5.56. The van der Waals surface area contributed by atoms with Crippen LogP contribution in [0.2, 0.25) is 0 Å². The summed E-state index contributed by atoms with van der Waals surface area (Å²) < 4.78 is 0. The third-order valence-corrected chi connectivity index (χ3v) is 3.72. The first-order valence-corrected chi connectivity index (χ1v) is 8.16. The largest absolute Gasteiger partial charge is 0.322 e. The van der Waals surface area contributed by atoms with Gasteiger partial charge in [-0.3, -0.25) is 35.5 Å². The van der Waals surface area contributed by atoms with Gasteiger partial charge in [-0.25, -0.2) is 0 Å². The Morgan fingerprint density at radius 1 is 0.929 bits per heavy atom. The Labute approximate surface area is 159 Å². The molecular weight excluding hydrogens is 362 g/mol. The van der Waals surface area contributed by atoms with Gasteiger partial charge < -0.3 is 5.32 Å². The molecule has 0 saturated heterocycles. The van der Waals surface area contributed by atoms with Crippen LogP contribution in [-0.2, 0) is 0 Å². The maximum atomic E-state index is 12.3. The molecule has 9 nitrogen and oxygen atoms in total. The molecule has 0 atom stereocenters. The second-order valence-electron chi connectivity index (χ2n) is 5.63. The normalized spacial score (nSPS) is 10.0. The van der Waals surface area contributed by atoms with Gasteiger partial charge in [-0.1, -0.05) is 18.2 Å².